The highest BCUT2D eigenvalue weighted by atomic mass is 32.2. The summed E-state index contributed by atoms with van der Waals surface area (Å²) in [5.41, 5.74) is 36.2. The second-order valence-corrected chi connectivity index (χ2v) is 35.9. The third-order valence-corrected chi connectivity index (χ3v) is 26.4. The minimum Gasteiger partial charge on any atom is -0.496 e. The number of nitrogen functional groups attached to an aromatic ring is 2. The van der Waals surface area contributed by atoms with Crippen LogP contribution >= 0.6 is 0 Å². The molecule has 0 bridgehead atoms. The second kappa shape index (κ2) is 41.8. The molecule has 1 saturated heterocycles. The molecule has 17 aromatic rings. The number of hydrogen-bond acceptors (Lipinski definition) is 22. The molecule has 3 amide bonds. The van der Waals surface area contributed by atoms with Crippen molar-refractivity contribution in [2.75, 3.05) is 50.5 Å². The van der Waals surface area contributed by atoms with Crippen LogP contribution in [0.1, 0.15) is 162 Å². The first kappa shape index (κ1) is 95.7. The number of methoxy groups -OCH3 is 1. The SMILES string of the molecule is C#Cc1ccc2c(c1)C(c1ccccn1)=NCc1c(-c3nc(CC)no3)ncn1-2.CCCNC(=O)c1nnc2c(-c3c(C)cccc3C)cccc2c1N.CCCNC(=O)c1nnc2c(-c3cc(C)ccc3C)cccc2c1N.CCn1cnc2c(-c3ccc(F)c(-c4ccc(S(=O)(=O)CC)cc4OC)c3)cnnc21.Cn1c2c(c3cc(F)ccc31)C(C(=O)N1CCCC1)=CC(c1ccccc1)C2=O.[HH].[HH]. The van der Waals surface area contributed by atoms with Gasteiger partial charge in [0.15, 0.2) is 44.2 Å². The maximum absolute atomic E-state index is 14.8. The standard InChI is InChI=1S/C24H21FN2O2.C22H21FN4O3S.C22H16N6O.2C20H22N4O.2H2/c1-26-20-10-9-16(25)13-18(20)21-19(24(29)27-11-5-6-12-27)14-17(23(28)22(21)26)15-7-3-2-4-8-15;1-4-27-13-24-21-18(12-25-26-22(21)27)14-6-9-19(23)17(10-14)16-8-7-15(11-20(16)30-3)31(28,29)5-2;1-3-14-8-9-17-15(11-14)20(16-7-5-6-10-23-16)24-12-18-21(25-13-28(17)18)22-26-19(4-2)27-29-22;1-4-11-22-20(25)19-17(21)15-10-6-9-14(18(15)23-24-19)16-12(2)7-5-8-13(16)3;1-4-10-22-20(25)19-17(21)15-7-5-6-14(18(15)23-24-19)16-11-12(2)8-9-13(16)3;;/h2-4,7-10,13-14,17H,5-6,11-12H2,1H3;6-13H,4-5H2,1-3H3;1,5-11,13H,4,12H2,2H3;5-10H,4,11H2,1-3H3,(H2,21,23)(H,22,25);5-9,11H,4,10H2,1-3H3,(H2,21,23)(H,22,25);2*1H. The maximum Gasteiger partial charge on any atom is 0.278 e. The first-order valence-electron chi connectivity index (χ1n) is 45.8. The van der Waals surface area contributed by atoms with Crippen molar-refractivity contribution in [3.63, 3.8) is 0 Å². The van der Waals surface area contributed by atoms with Crippen molar-refractivity contribution >= 4 is 99.9 Å². The van der Waals surface area contributed by atoms with Gasteiger partial charge in [-0.3, -0.25) is 33.7 Å². The molecule has 1 atom stereocenters. The highest BCUT2D eigenvalue weighted by Crippen LogP contribution is 2.44. The molecule has 1 fully saturated rings. The monoisotopic (exact) mass is 1880 g/mol. The average Bonchev–Trinajstić information content (AvgIpc) is 1.37. The predicted molar refractivity (Wildman–Crippen MR) is 541 cm³/mol. The number of aliphatic imine (C=N–C) groups is 1. The van der Waals surface area contributed by atoms with E-state index in [1.807, 2.05) is 158 Å². The number of terminal acetylenes is 1. The molecule has 31 heteroatoms. The van der Waals surface area contributed by atoms with Gasteiger partial charge in [-0.2, -0.15) is 10.1 Å². The van der Waals surface area contributed by atoms with E-state index in [1.54, 1.807) is 66.9 Å². The number of pyridine rings is 1. The Bertz CT molecular complexity index is 7850. The Morgan fingerprint density at radius 3 is 1.99 bits per heavy atom. The maximum atomic E-state index is 14.8. The van der Waals surface area contributed by atoms with Crippen LogP contribution in [0.3, 0.4) is 0 Å². The normalized spacial score (nSPS) is 13.1. The number of nitrogens with one attached hydrogen (secondary N) is 2. The van der Waals surface area contributed by atoms with Crippen molar-refractivity contribution in [1.82, 2.24) is 84.9 Å². The number of allylic oxidation sites excluding steroid dienone is 1. The Balaban J connectivity index is 0.000000140. The van der Waals surface area contributed by atoms with Crippen LogP contribution in [0.2, 0.25) is 0 Å². The fourth-order valence-electron chi connectivity index (χ4n) is 17.5. The van der Waals surface area contributed by atoms with Gasteiger partial charge in [0.2, 0.25) is 0 Å². The molecule has 0 spiro atoms. The highest BCUT2D eigenvalue weighted by molar-refractivity contribution is 7.91. The number of aromatic nitrogens is 14. The number of anilines is 2. The molecule has 9 aromatic carbocycles. The van der Waals surface area contributed by atoms with Crippen molar-refractivity contribution in [3.8, 4) is 79.9 Å². The van der Waals surface area contributed by atoms with E-state index in [0.29, 0.717) is 130 Å². The Kier molecular flexibility index (Phi) is 28.8. The molecule has 3 aliphatic rings. The van der Waals surface area contributed by atoms with Crippen molar-refractivity contribution in [3.05, 3.63) is 316 Å². The molecule has 28 nitrogen and oxygen atoms in total. The van der Waals surface area contributed by atoms with Crippen molar-refractivity contribution in [2.45, 2.75) is 118 Å². The van der Waals surface area contributed by atoms with E-state index in [9.17, 15) is 36.4 Å². The van der Waals surface area contributed by atoms with Gasteiger partial charge in [0.1, 0.15) is 40.3 Å². The first-order valence-corrected chi connectivity index (χ1v) is 47.5. The molecule has 6 N–H and O–H groups in total. The summed E-state index contributed by atoms with van der Waals surface area (Å²) in [4.78, 5) is 76.1. The van der Waals surface area contributed by atoms with Gasteiger partial charge in [-0.25, -0.2) is 27.2 Å². The van der Waals surface area contributed by atoms with Gasteiger partial charge in [-0.05, 0) is 178 Å². The number of nitrogens with zero attached hydrogens (tertiary/aromatic N) is 16. The predicted octanol–water partition coefficient (Wildman–Crippen LogP) is 19.4. The van der Waals surface area contributed by atoms with Crippen LogP contribution < -0.4 is 26.8 Å². The fourth-order valence-corrected chi connectivity index (χ4v) is 18.3. The summed E-state index contributed by atoms with van der Waals surface area (Å²) >= 11 is 0. The molecular formula is C108H106F2N20O8S. The number of sulfone groups is 1. The minimum absolute atomic E-state index is 0. The van der Waals surface area contributed by atoms with Crippen LogP contribution in [0.4, 0.5) is 20.2 Å². The lowest BCUT2D eigenvalue weighted by Gasteiger charge is -2.25. The largest absolute Gasteiger partial charge is 0.496 e. The third-order valence-electron chi connectivity index (χ3n) is 24.7. The van der Waals surface area contributed by atoms with Gasteiger partial charge in [-0.1, -0.05) is 166 Å². The molecule has 2 aliphatic heterocycles. The summed E-state index contributed by atoms with van der Waals surface area (Å²) in [7, 11) is -0.180. The Labute approximate surface area is 805 Å². The van der Waals surface area contributed by atoms with Gasteiger partial charge in [0.05, 0.1) is 82.6 Å². The van der Waals surface area contributed by atoms with Crippen molar-refractivity contribution < 1.29 is 48.5 Å². The molecule has 1 unspecified atom stereocenters. The lowest BCUT2D eigenvalue weighted by Crippen LogP contribution is -2.31. The number of hydrogen-bond donors (Lipinski definition) is 4. The zero-order valence-corrected chi connectivity index (χ0v) is 79.6. The summed E-state index contributed by atoms with van der Waals surface area (Å²) in [5, 5.41) is 36.8. The number of ketones is 1. The zero-order chi connectivity index (χ0) is 98.0. The molecule has 20 rings (SSSR count). The lowest BCUT2D eigenvalue weighted by molar-refractivity contribution is -0.124. The van der Waals surface area contributed by atoms with Crippen LogP contribution in [-0.4, -0.2) is 151 Å². The van der Waals surface area contributed by atoms with Gasteiger partial charge in [-0.15, -0.1) is 31.9 Å². The number of amides is 3. The van der Waals surface area contributed by atoms with Crippen LogP contribution in [0.5, 0.6) is 5.75 Å². The van der Waals surface area contributed by atoms with Crippen LogP contribution in [0.25, 0.3) is 111 Å². The quantitative estimate of drug-likeness (QED) is 0.0546. The summed E-state index contributed by atoms with van der Waals surface area (Å²) in [5.74, 6) is 1.91. The van der Waals surface area contributed by atoms with Gasteiger partial charge < -0.3 is 45.4 Å². The number of halogens is 2. The smallest absolute Gasteiger partial charge is 0.278 e. The molecule has 1 aliphatic carbocycles. The molecule has 0 saturated carbocycles. The number of fused-ring (bicyclic) bond motifs is 9. The average molecular weight is 1880 g/mol. The Hall–Kier alpha value is -16.5. The second-order valence-electron chi connectivity index (χ2n) is 33.7. The minimum atomic E-state index is -3.42. The summed E-state index contributed by atoms with van der Waals surface area (Å²) in [6.07, 6.45) is 18.6. The molecule has 0 radical (unpaired) electrons. The van der Waals surface area contributed by atoms with Gasteiger partial charge in [0.25, 0.3) is 23.6 Å². The number of rotatable bonds is 19. The van der Waals surface area contributed by atoms with E-state index in [-0.39, 0.29) is 65.5 Å². The Morgan fingerprint density at radius 1 is 0.640 bits per heavy atom. The van der Waals surface area contributed by atoms with Gasteiger partial charge in [0, 0.05) is 127 Å². The van der Waals surface area contributed by atoms with Crippen LogP contribution in [-0.2, 0) is 41.2 Å². The third kappa shape index (κ3) is 19.5. The van der Waals surface area contributed by atoms with Crippen LogP contribution in [0.15, 0.2) is 240 Å². The topological polar surface area (TPSA) is 373 Å². The Morgan fingerprint density at radius 2 is 1.33 bits per heavy atom. The van der Waals surface area contributed by atoms with E-state index in [0.717, 1.165) is 126 Å². The van der Waals surface area contributed by atoms with Crippen molar-refractivity contribution in [1.29, 1.82) is 0 Å². The number of nitrogens with two attached hydrogens (primary N) is 2. The summed E-state index contributed by atoms with van der Waals surface area (Å²) < 4.78 is 69.9. The highest BCUT2D eigenvalue weighted by Gasteiger charge is 2.39. The molecular weight excluding hydrogens is 1780 g/mol. The van der Waals surface area contributed by atoms with E-state index < -0.39 is 21.6 Å². The summed E-state index contributed by atoms with van der Waals surface area (Å²) in [6.45, 7) is 21.5. The van der Waals surface area contributed by atoms with E-state index >= 15 is 0 Å². The fraction of sp³-hybridized carbons (Fsp3) is 0.222. The molecule has 706 valence electrons. The van der Waals surface area contributed by atoms with E-state index in [1.165, 1.54) is 43.0 Å². The molecule has 8 aromatic heterocycles. The number of benzene rings is 9. The number of carbonyl (C=O) groups excluding carboxylic acids is 4. The van der Waals surface area contributed by atoms with E-state index in [4.69, 9.17) is 32.1 Å². The number of imidazole rings is 2. The molecule has 139 heavy (non-hydrogen) atoms. The number of ether oxygens (including phenoxy) is 1. The van der Waals surface area contributed by atoms with Crippen molar-refractivity contribution in [2.24, 2.45) is 12.0 Å². The van der Waals surface area contributed by atoms with Gasteiger partial charge >= 0.3 is 0 Å². The lowest BCUT2D eigenvalue weighted by atomic mass is 9.82. The number of likely N-dealkylation sites (tertiary alicyclic amines) is 1. The van der Waals surface area contributed by atoms with Crippen LogP contribution in [0, 0.1) is 51.7 Å². The number of carbonyl (C=O) groups is 4. The summed E-state index contributed by atoms with van der Waals surface area (Å²) in [6, 6.07) is 58.9. The van der Waals surface area contributed by atoms with E-state index in [2.05, 4.69) is 130 Å². The number of Topliss-reactive ketones (excluding diaryl/α,β-unsaturated/α-hetero) is 1. The molecule has 10 heterocycles. The zero-order valence-electron chi connectivity index (χ0n) is 78.7. The number of aryl methyl sites for hydroxylation is 7. The first-order chi connectivity index (χ1) is 67.3.